The van der Waals surface area contributed by atoms with Gasteiger partial charge in [0, 0.05) is 57.4 Å². The molecule has 1 aromatic rings. The summed E-state index contributed by atoms with van der Waals surface area (Å²) in [7, 11) is 1.66. The maximum Gasteiger partial charge on any atom is 0.315 e. The van der Waals surface area contributed by atoms with E-state index in [0.717, 1.165) is 24.8 Å². The van der Waals surface area contributed by atoms with Crippen molar-refractivity contribution in [3.63, 3.8) is 0 Å². The molecule has 34 heavy (non-hydrogen) atoms. The summed E-state index contributed by atoms with van der Waals surface area (Å²) in [5, 5.41) is 9.82. The molecule has 1 aliphatic heterocycles. The molecule has 3 N–H and O–H groups in total. The minimum Gasteiger partial charge on any atom is -0.492 e. The van der Waals surface area contributed by atoms with Gasteiger partial charge < -0.3 is 30.3 Å². The minimum atomic E-state index is -0.310. The van der Waals surface area contributed by atoms with E-state index < -0.39 is 0 Å². The van der Waals surface area contributed by atoms with E-state index >= 15 is 0 Å². The van der Waals surface area contributed by atoms with Crippen LogP contribution in [0.5, 0.6) is 5.75 Å². The topological polar surface area (TPSA) is 91.9 Å². The Kier molecular flexibility index (Phi) is 9.45. The summed E-state index contributed by atoms with van der Waals surface area (Å²) < 4.78 is 10.9. The van der Waals surface area contributed by atoms with E-state index in [0.29, 0.717) is 50.0 Å². The Bertz CT molecular complexity index is 841. The fraction of sp³-hybridized carbons (Fsp3) is 0.680. The summed E-state index contributed by atoms with van der Waals surface area (Å²) in [6.45, 7) is 8.78. The van der Waals surface area contributed by atoms with Crippen molar-refractivity contribution >= 4 is 23.5 Å². The molecule has 0 aromatic heterocycles. The lowest BCUT2D eigenvalue weighted by Gasteiger charge is -2.34. The largest absolute Gasteiger partial charge is 0.492 e. The minimum absolute atomic E-state index is 0.0891. The van der Waals surface area contributed by atoms with Crippen LogP contribution >= 0.6 is 11.6 Å². The van der Waals surface area contributed by atoms with Gasteiger partial charge in [0.25, 0.3) is 0 Å². The molecule has 3 amide bonds. The number of hydrogen-bond acceptors (Lipinski definition) is 5. The van der Waals surface area contributed by atoms with Gasteiger partial charge >= 0.3 is 6.03 Å². The van der Waals surface area contributed by atoms with Crippen molar-refractivity contribution in [1.29, 1.82) is 0 Å². The summed E-state index contributed by atoms with van der Waals surface area (Å²) in [5.41, 5.74) is 0.684. The molecule has 1 saturated heterocycles. The van der Waals surface area contributed by atoms with Crippen LogP contribution in [0.4, 0.5) is 4.79 Å². The second kappa shape index (κ2) is 12.1. The van der Waals surface area contributed by atoms with Gasteiger partial charge in [0.15, 0.2) is 0 Å². The smallest absolute Gasteiger partial charge is 0.315 e. The van der Waals surface area contributed by atoms with Gasteiger partial charge in [-0.2, -0.15) is 0 Å². The van der Waals surface area contributed by atoms with Gasteiger partial charge in [0.05, 0.1) is 17.5 Å². The normalized spacial score (nSPS) is 20.5. The molecule has 3 rings (SSSR count). The summed E-state index contributed by atoms with van der Waals surface area (Å²) in [6, 6.07) is 5.69. The predicted molar refractivity (Wildman–Crippen MR) is 133 cm³/mol. The van der Waals surface area contributed by atoms with Crippen molar-refractivity contribution in [2.75, 3.05) is 33.4 Å². The van der Waals surface area contributed by atoms with Crippen LogP contribution in [-0.2, 0) is 16.1 Å². The molecule has 0 radical (unpaired) electrons. The van der Waals surface area contributed by atoms with E-state index in [1.165, 1.54) is 0 Å². The Labute approximate surface area is 208 Å². The van der Waals surface area contributed by atoms with Crippen molar-refractivity contribution in [1.82, 2.24) is 20.9 Å². The highest BCUT2D eigenvalue weighted by Crippen LogP contribution is 2.32. The van der Waals surface area contributed by atoms with Crippen molar-refractivity contribution < 1.29 is 19.1 Å². The molecule has 9 heteroatoms. The monoisotopic (exact) mass is 494 g/mol. The van der Waals surface area contributed by atoms with E-state index in [2.05, 4.69) is 16.0 Å². The quantitative estimate of drug-likeness (QED) is 0.434. The number of halogens is 1. The molecule has 1 saturated carbocycles. The number of amides is 3. The molecule has 2 atom stereocenters. The van der Waals surface area contributed by atoms with Gasteiger partial charge in [-0.1, -0.05) is 17.7 Å². The van der Waals surface area contributed by atoms with Crippen LogP contribution in [0.1, 0.15) is 52.0 Å². The first-order chi connectivity index (χ1) is 16.2. The zero-order valence-corrected chi connectivity index (χ0v) is 21.5. The number of carbonyl (C=O) groups excluding carboxylic acids is 2. The second-order valence-electron chi connectivity index (χ2n) is 10.3. The van der Waals surface area contributed by atoms with E-state index in [9.17, 15) is 9.59 Å². The highest BCUT2D eigenvalue weighted by molar-refractivity contribution is 6.32. The van der Waals surface area contributed by atoms with Crippen LogP contribution in [0.25, 0.3) is 0 Å². The molecule has 0 bridgehead atoms. The Balaban J connectivity index is 1.61. The third-order valence-electron chi connectivity index (χ3n) is 5.89. The molecular weight excluding hydrogens is 456 g/mol. The first-order valence-electron chi connectivity index (χ1n) is 12.2. The third kappa shape index (κ3) is 8.32. The number of ether oxygens (including phenoxy) is 2. The standard InChI is InChI=1S/C25H39ClN4O4/c1-25(2,3)29-24(32)28-19-13-18(14-27-15-19)23(31)30(20-7-8-20)16-17-6-9-21(26)22(12-17)34-11-5-10-33-4/h6,9,12,18-20,27H,5,7-8,10-11,13-16H2,1-4H3,(H2,28,29,32)/t18-,19+/m0/s1. The predicted octanol–water partition coefficient (Wildman–Crippen LogP) is 3.32. The molecule has 0 unspecified atom stereocenters. The van der Waals surface area contributed by atoms with Crippen LogP contribution < -0.4 is 20.7 Å². The number of rotatable bonds is 10. The summed E-state index contributed by atoms with van der Waals surface area (Å²) in [6.07, 6.45) is 3.45. The van der Waals surface area contributed by atoms with E-state index in [-0.39, 0.29) is 35.5 Å². The number of nitrogens with one attached hydrogen (secondary N) is 3. The highest BCUT2D eigenvalue weighted by Gasteiger charge is 2.38. The second-order valence-corrected chi connectivity index (χ2v) is 10.7. The summed E-state index contributed by atoms with van der Waals surface area (Å²) in [4.78, 5) is 27.8. The first kappa shape index (κ1) is 26.6. The van der Waals surface area contributed by atoms with Crippen molar-refractivity contribution in [2.24, 2.45) is 5.92 Å². The lowest BCUT2D eigenvalue weighted by atomic mass is 9.94. The number of urea groups is 1. The molecule has 190 valence electrons. The van der Waals surface area contributed by atoms with Crippen LogP contribution in [0.3, 0.4) is 0 Å². The highest BCUT2D eigenvalue weighted by atomic mass is 35.5. The molecule has 8 nitrogen and oxygen atoms in total. The Morgan fingerprint density at radius 1 is 1.21 bits per heavy atom. The fourth-order valence-corrected chi connectivity index (χ4v) is 4.32. The first-order valence-corrected chi connectivity index (χ1v) is 12.5. The van der Waals surface area contributed by atoms with Crippen LogP contribution in [0.2, 0.25) is 5.02 Å². The molecule has 0 spiro atoms. The third-order valence-corrected chi connectivity index (χ3v) is 6.21. The summed E-state index contributed by atoms with van der Waals surface area (Å²) >= 11 is 6.32. The maximum atomic E-state index is 13.5. The molecular formula is C25H39ClN4O4. The molecule has 1 heterocycles. The van der Waals surface area contributed by atoms with Gasteiger partial charge in [-0.05, 0) is 57.7 Å². The van der Waals surface area contributed by atoms with Gasteiger partial charge in [0.2, 0.25) is 5.91 Å². The number of piperidine rings is 1. The lowest BCUT2D eigenvalue weighted by molar-refractivity contribution is -0.137. The maximum absolute atomic E-state index is 13.5. The number of hydrogen-bond donors (Lipinski definition) is 3. The number of methoxy groups -OCH3 is 1. The van der Waals surface area contributed by atoms with Crippen molar-refractivity contribution in [3.05, 3.63) is 28.8 Å². The zero-order chi connectivity index (χ0) is 24.7. The molecule has 2 fully saturated rings. The average Bonchev–Trinajstić information content (AvgIpc) is 3.60. The Morgan fingerprint density at radius 2 is 1.97 bits per heavy atom. The van der Waals surface area contributed by atoms with Gasteiger partial charge in [-0.3, -0.25) is 4.79 Å². The number of benzene rings is 1. The fourth-order valence-electron chi connectivity index (χ4n) is 4.15. The van der Waals surface area contributed by atoms with E-state index in [4.69, 9.17) is 21.1 Å². The van der Waals surface area contributed by atoms with Crippen LogP contribution in [0.15, 0.2) is 18.2 Å². The molecule has 2 aliphatic rings. The lowest BCUT2D eigenvalue weighted by Crippen LogP contribution is -2.56. The summed E-state index contributed by atoms with van der Waals surface area (Å²) in [5.74, 6) is 0.591. The number of carbonyl (C=O) groups is 2. The zero-order valence-electron chi connectivity index (χ0n) is 20.8. The number of nitrogens with zero attached hydrogens (tertiary/aromatic N) is 1. The van der Waals surface area contributed by atoms with Gasteiger partial charge in [-0.15, -0.1) is 0 Å². The van der Waals surface area contributed by atoms with E-state index in [1.54, 1.807) is 7.11 Å². The average molecular weight is 495 g/mol. The van der Waals surface area contributed by atoms with Crippen molar-refractivity contribution in [3.8, 4) is 5.75 Å². The Hall–Kier alpha value is -2.03. The van der Waals surface area contributed by atoms with E-state index in [1.807, 2.05) is 43.9 Å². The van der Waals surface area contributed by atoms with Crippen LogP contribution in [-0.4, -0.2) is 67.9 Å². The van der Waals surface area contributed by atoms with Crippen LogP contribution in [0, 0.1) is 5.92 Å². The van der Waals surface area contributed by atoms with Gasteiger partial charge in [-0.25, -0.2) is 4.79 Å². The van der Waals surface area contributed by atoms with Crippen molar-refractivity contribution in [2.45, 2.75) is 70.6 Å². The Morgan fingerprint density at radius 3 is 2.65 bits per heavy atom. The van der Waals surface area contributed by atoms with Gasteiger partial charge in [0.1, 0.15) is 5.75 Å². The molecule has 1 aliphatic carbocycles. The molecule has 1 aromatic carbocycles. The SMILES string of the molecule is COCCCOc1cc(CN(C(=O)[C@@H]2CNC[C@H](NC(=O)NC(C)(C)C)C2)C2CC2)ccc1Cl.